The van der Waals surface area contributed by atoms with Crippen molar-refractivity contribution in [2.24, 2.45) is 0 Å². The Hall–Kier alpha value is -2.85. The van der Waals surface area contributed by atoms with Crippen molar-refractivity contribution < 1.29 is 19.1 Å². The fourth-order valence-electron chi connectivity index (χ4n) is 2.44. The topological polar surface area (TPSA) is 88.4 Å². The molecule has 7 heteroatoms. The van der Waals surface area contributed by atoms with Crippen LogP contribution in [0.5, 0.6) is 5.75 Å². The highest BCUT2D eigenvalue weighted by atomic mass is 32.1. The number of hydrogen-bond donors (Lipinski definition) is 1. The van der Waals surface area contributed by atoms with E-state index in [1.54, 1.807) is 13.8 Å². The van der Waals surface area contributed by atoms with Crippen LogP contribution in [-0.2, 0) is 9.53 Å². The molecule has 0 aliphatic heterocycles. The SMILES string of the molecule is CCOC(=O)c1sc(NC(=O)CCCOc2cccc(C)c2)c(C#N)c1C. The molecule has 0 bridgehead atoms. The third-order valence-corrected chi connectivity index (χ3v) is 4.97. The number of rotatable bonds is 8. The summed E-state index contributed by atoms with van der Waals surface area (Å²) in [6.07, 6.45) is 0.791. The number of benzene rings is 1. The highest BCUT2D eigenvalue weighted by Gasteiger charge is 2.22. The smallest absolute Gasteiger partial charge is 0.348 e. The first-order chi connectivity index (χ1) is 13.0. The number of carbonyl (C=O) groups excluding carboxylic acids is 2. The number of nitrogens with one attached hydrogen (secondary N) is 1. The third kappa shape index (κ3) is 5.56. The Morgan fingerprint density at radius 1 is 1.30 bits per heavy atom. The molecule has 2 aromatic rings. The van der Waals surface area contributed by atoms with E-state index in [2.05, 4.69) is 5.32 Å². The maximum absolute atomic E-state index is 12.2. The van der Waals surface area contributed by atoms with Crippen LogP contribution >= 0.6 is 11.3 Å². The quantitative estimate of drug-likeness (QED) is 0.542. The number of aryl methyl sites for hydroxylation is 1. The molecule has 1 N–H and O–H groups in total. The van der Waals surface area contributed by atoms with Crippen molar-refractivity contribution in [1.82, 2.24) is 0 Å². The molecule has 0 spiro atoms. The van der Waals surface area contributed by atoms with E-state index in [-0.39, 0.29) is 18.9 Å². The minimum atomic E-state index is -0.483. The summed E-state index contributed by atoms with van der Waals surface area (Å²) < 4.78 is 10.6. The lowest BCUT2D eigenvalue weighted by Gasteiger charge is -2.07. The normalized spacial score (nSPS) is 10.1. The largest absolute Gasteiger partial charge is 0.494 e. The van der Waals surface area contributed by atoms with Gasteiger partial charge in [-0.15, -0.1) is 11.3 Å². The van der Waals surface area contributed by atoms with E-state index >= 15 is 0 Å². The molecule has 1 heterocycles. The van der Waals surface area contributed by atoms with E-state index < -0.39 is 5.97 Å². The highest BCUT2D eigenvalue weighted by Crippen LogP contribution is 2.33. The summed E-state index contributed by atoms with van der Waals surface area (Å²) in [6, 6.07) is 9.76. The minimum Gasteiger partial charge on any atom is -0.494 e. The number of anilines is 1. The molecule has 0 atom stereocenters. The van der Waals surface area contributed by atoms with E-state index in [1.807, 2.05) is 37.3 Å². The van der Waals surface area contributed by atoms with E-state index in [4.69, 9.17) is 9.47 Å². The number of ether oxygens (including phenoxy) is 2. The second-order valence-electron chi connectivity index (χ2n) is 5.91. The molecule has 0 fully saturated rings. The molecule has 0 saturated carbocycles. The Balaban J connectivity index is 1.90. The predicted octanol–water partition coefficient (Wildman–Crippen LogP) is 4.21. The van der Waals surface area contributed by atoms with Gasteiger partial charge in [-0.2, -0.15) is 5.26 Å². The van der Waals surface area contributed by atoms with Crippen molar-refractivity contribution in [3.8, 4) is 11.8 Å². The van der Waals surface area contributed by atoms with Gasteiger partial charge in [0.1, 0.15) is 21.7 Å². The molecule has 1 amide bonds. The molecule has 6 nitrogen and oxygen atoms in total. The van der Waals surface area contributed by atoms with Crippen molar-refractivity contribution in [1.29, 1.82) is 5.26 Å². The van der Waals surface area contributed by atoms with Crippen molar-refractivity contribution in [2.45, 2.75) is 33.6 Å². The van der Waals surface area contributed by atoms with Gasteiger partial charge >= 0.3 is 5.97 Å². The molecule has 27 heavy (non-hydrogen) atoms. The van der Waals surface area contributed by atoms with Crippen LogP contribution in [0, 0.1) is 25.2 Å². The van der Waals surface area contributed by atoms with Gasteiger partial charge in [-0.3, -0.25) is 4.79 Å². The third-order valence-electron chi connectivity index (χ3n) is 3.78. The first-order valence-electron chi connectivity index (χ1n) is 8.66. The van der Waals surface area contributed by atoms with E-state index in [0.717, 1.165) is 22.6 Å². The molecule has 0 aliphatic rings. The number of nitriles is 1. The van der Waals surface area contributed by atoms with Crippen LogP contribution in [0.25, 0.3) is 0 Å². The molecule has 0 aliphatic carbocycles. The van der Waals surface area contributed by atoms with Crippen molar-refractivity contribution in [3.05, 3.63) is 45.8 Å². The molecule has 2 rings (SSSR count). The van der Waals surface area contributed by atoms with Gasteiger partial charge in [0.05, 0.1) is 18.8 Å². The molecule has 0 unspecified atom stereocenters. The van der Waals surface area contributed by atoms with E-state index in [9.17, 15) is 14.9 Å². The summed E-state index contributed by atoms with van der Waals surface area (Å²) in [6.45, 7) is 6.04. The standard InChI is InChI=1S/C20H22N2O4S/c1-4-25-20(24)18-14(3)16(12-21)19(27-18)22-17(23)9-6-10-26-15-8-5-7-13(2)11-15/h5,7-8,11H,4,6,9-10H2,1-3H3,(H,22,23). The monoisotopic (exact) mass is 386 g/mol. The van der Waals surface area contributed by atoms with Crippen molar-refractivity contribution in [2.75, 3.05) is 18.5 Å². The Morgan fingerprint density at radius 3 is 2.74 bits per heavy atom. The van der Waals surface area contributed by atoms with Gasteiger partial charge in [0, 0.05) is 6.42 Å². The molecule has 0 saturated heterocycles. The zero-order chi connectivity index (χ0) is 19.8. The molecule has 1 aromatic carbocycles. The average molecular weight is 386 g/mol. The van der Waals surface area contributed by atoms with Gasteiger partial charge in [-0.25, -0.2) is 4.79 Å². The number of esters is 1. The molecular weight excluding hydrogens is 364 g/mol. The van der Waals surface area contributed by atoms with Gasteiger partial charge in [0.25, 0.3) is 0 Å². The summed E-state index contributed by atoms with van der Waals surface area (Å²) in [5.41, 5.74) is 1.94. The lowest BCUT2D eigenvalue weighted by Crippen LogP contribution is -2.12. The van der Waals surface area contributed by atoms with Gasteiger partial charge in [-0.05, 0) is 50.5 Å². The zero-order valence-electron chi connectivity index (χ0n) is 15.6. The summed E-state index contributed by atoms with van der Waals surface area (Å²) >= 11 is 1.06. The van der Waals surface area contributed by atoms with E-state index in [0.29, 0.717) is 34.0 Å². The van der Waals surface area contributed by atoms with Gasteiger partial charge in [-0.1, -0.05) is 12.1 Å². The molecule has 142 valence electrons. The summed E-state index contributed by atoms with van der Waals surface area (Å²) in [5.74, 6) is 0.0645. The van der Waals surface area contributed by atoms with Crippen LogP contribution in [-0.4, -0.2) is 25.1 Å². The van der Waals surface area contributed by atoms with Gasteiger partial charge in [0.2, 0.25) is 5.91 Å². The lowest BCUT2D eigenvalue weighted by atomic mass is 10.1. The Labute approximate surface area is 162 Å². The number of amides is 1. The van der Waals surface area contributed by atoms with Gasteiger partial charge in [0.15, 0.2) is 0 Å². The van der Waals surface area contributed by atoms with Gasteiger partial charge < -0.3 is 14.8 Å². The minimum absolute atomic E-state index is 0.226. The van der Waals surface area contributed by atoms with Crippen LogP contribution in [0.4, 0.5) is 5.00 Å². The Morgan fingerprint density at radius 2 is 2.07 bits per heavy atom. The predicted molar refractivity (Wildman–Crippen MR) is 104 cm³/mol. The Bertz CT molecular complexity index is 867. The summed E-state index contributed by atoms with van der Waals surface area (Å²) in [4.78, 5) is 24.5. The van der Waals surface area contributed by atoms with Crippen molar-refractivity contribution >= 4 is 28.2 Å². The summed E-state index contributed by atoms with van der Waals surface area (Å²) in [7, 11) is 0. The maximum Gasteiger partial charge on any atom is 0.348 e. The number of nitrogens with zero attached hydrogens (tertiary/aromatic N) is 1. The first-order valence-corrected chi connectivity index (χ1v) is 9.47. The zero-order valence-corrected chi connectivity index (χ0v) is 16.4. The maximum atomic E-state index is 12.2. The summed E-state index contributed by atoms with van der Waals surface area (Å²) in [5, 5.41) is 12.4. The van der Waals surface area contributed by atoms with Crippen LogP contribution < -0.4 is 10.1 Å². The second kappa shape index (κ2) is 9.74. The average Bonchev–Trinajstić information content (AvgIpc) is 2.94. The molecule has 0 radical (unpaired) electrons. The fourth-order valence-corrected chi connectivity index (χ4v) is 3.51. The lowest BCUT2D eigenvalue weighted by molar-refractivity contribution is -0.116. The fraction of sp³-hybridized carbons (Fsp3) is 0.350. The van der Waals surface area contributed by atoms with E-state index in [1.165, 1.54) is 0 Å². The van der Waals surface area contributed by atoms with Crippen LogP contribution in [0.1, 0.15) is 46.1 Å². The number of hydrogen-bond acceptors (Lipinski definition) is 6. The van der Waals surface area contributed by atoms with Crippen LogP contribution in [0.3, 0.4) is 0 Å². The molecule has 1 aromatic heterocycles. The molecular formula is C20H22N2O4S. The number of carbonyl (C=O) groups is 2. The highest BCUT2D eigenvalue weighted by molar-refractivity contribution is 7.18. The second-order valence-corrected chi connectivity index (χ2v) is 6.93. The number of thiophene rings is 1. The van der Waals surface area contributed by atoms with Crippen molar-refractivity contribution in [3.63, 3.8) is 0 Å². The first kappa shape index (κ1) is 20.5. The Kier molecular flexibility index (Phi) is 7.38. The van der Waals surface area contributed by atoms with Crippen LogP contribution in [0.2, 0.25) is 0 Å². The van der Waals surface area contributed by atoms with Crippen LogP contribution in [0.15, 0.2) is 24.3 Å².